The minimum atomic E-state index is -1.05. The second-order valence-corrected chi connectivity index (χ2v) is 5.83. The van der Waals surface area contributed by atoms with Gasteiger partial charge in [-0.05, 0) is 12.0 Å². The number of benzene rings is 1. The van der Waals surface area contributed by atoms with E-state index in [2.05, 4.69) is 0 Å². The summed E-state index contributed by atoms with van der Waals surface area (Å²) in [5.74, 6) is 0.267. The molecule has 0 bridgehead atoms. The molecule has 1 aromatic carbocycles. The Balaban J connectivity index is 2.31. The SMILES string of the molecule is CCCCOC(=O)[C@@H](O)[C@H](C)SCc1ccccc1. The molecule has 0 aliphatic heterocycles. The van der Waals surface area contributed by atoms with Crippen LogP contribution < -0.4 is 0 Å². The highest BCUT2D eigenvalue weighted by atomic mass is 32.2. The van der Waals surface area contributed by atoms with Gasteiger partial charge in [0.05, 0.1) is 6.61 Å². The van der Waals surface area contributed by atoms with Gasteiger partial charge in [0.1, 0.15) is 0 Å². The highest BCUT2D eigenvalue weighted by Gasteiger charge is 2.24. The predicted molar refractivity (Wildman–Crippen MR) is 79.1 cm³/mol. The van der Waals surface area contributed by atoms with Crippen molar-refractivity contribution < 1.29 is 14.6 Å². The van der Waals surface area contributed by atoms with Gasteiger partial charge in [-0.2, -0.15) is 11.8 Å². The van der Waals surface area contributed by atoms with E-state index in [1.165, 1.54) is 5.56 Å². The Labute approximate surface area is 119 Å². The Morgan fingerprint density at radius 3 is 2.68 bits per heavy atom. The lowest BCUT2D eigenvalue weighted by molar-refractivity contribution is -0.153. The van der Waals surface area contributed by atoms with Crippen LogP contribution in [0.3, 0.4) is 0 Å². The van der Waals surface area contributed by atoms with E-state index in [-0.39, 0.29) is 5.25 Å². The Morgan fingerprint density at radius 2 is 2.05 bits per heavy atom. The number of esters is 1. The van der Waals surface area contributed by atoms with E-state index in [0.29, 0.717) is 6.61 Å². The van der Waals surface area contributed by atoms with Crippen molar-refractivity contribution in [2.45, 2.75) is 43.8 Å². The quantitative estimate of drug-likeness (QED) is 0.588. The number of rotatable bonds is 8. The topological polar surface area (TPSA) is 46.5 Å². The maximum absolute atomic E-state index is 11.6. The zero-order valence-corrected chi connectivity index (χ0v) is 12.4. The summed E-state index contributed by atoms with van der Waals surface area (Å²) in [7, 11) is 0. The molecule has 1 rings (SSSR count). The highest BCUT2D eigenvalue weighted by molar-refractivity contribution is 7.99. The van der Waals surface area contributed by atoms with Gasteiger partial charge in [0.25, 0.3) is 0 Å². The monoisotopic (exact) mass is 282 g/mol. The number of hydrogen-bond donors (Lipinski definition) is 1. The second kappa shape index (κ2) is 8.99. The molecule has 0 spiro atoms. The summed E-state index contributed by atoms with van der Waals surface area (Å²) in [6, 6.07) is 10.0. The Kier molecular flexibility index (Phi) is 7.60. The van der Waals surface area contributed by atoms with Crippen LogP contribution in [0.2, 0.25) is 0 Å². The van der Waals surface area contributed by atoms with Crippen molar-refractivity contribution in [1.29, 1.82) is 0 Å². The van der Waals surface area contributed by atoms with E-state index in [1.54, 1.807) is 11.8 Å². The Morgan fingerprint density at radius 1 is 1.37 bits per heavy atom. The minimum absolute atomic E-state index is 0.172. The van der Waals surface area contributed by atoms with Crippen molar-refractivity contribution >= 4 is 17.7 Å². The van der Waals surface area contributed by atoms with Crippen LogP contribution in [0.4, 0.5) is 0 Å². The van der Waals surface area contributed by atoms with Gasteiger partial charge in [-0.3, -0.25) is 0 Å². The van der Waals surface area contributed by atoms with Crippen molar-refractivity contribution in [2.75, 3.05) is 6.61 Å². The number of carbonyl (C=O) groups excluding carboxylic acids is 1. The zero-order chi connectivity index (χ0) is 14.1. The van der Waals surface area contributed by atoms with Crippen LogP contribution in [0, 0.1) is 0 Å². The molecular weight excluding hydrogens is 260 g/mol. The number of carbonyl (C=O) groups is 1. The van der Waals surface area contributed by atoms with Crippen molar-refractivity contribution in [3.63, 3.8) is 0 Å². The molecule has 0 aliphatic carbocycles. The Hall–Kier alpha value is -1.00. The molecule has 1 aromatic rings. The average molecular weight is 282 g/mol. The molecule has 2 atom stereocenters. The largest absolute Gasteiger partial charge is 0.464 e. The number of thioether (sulfide) groups is 1. The fourth-order valence-corrected chi connectivity index (χ4v) is 2.43. The molecule has 4 heteroatoms. The number of unbranched alkanes of at least 4 members (excludes halogenated alkanes) is 1. The predicted octanol–water partition coefficient (Wildman–Crippen LogP) is 3.01. The normalized spacial score (nSPS) is 13.8. The molecule has 0 heterocycles. The minimum Gasteiger partial charge on any atom is -0.464 e. The van der Waals surface area contributed by atoms with Crippen LogP contribution in [0.1, 0.15) is 32.3 Å². The maximum atomic E-state index is 11.6. The van der Waals surface area contributed by atoms with Crippen molar-refractivity contribution in [3.05, 3.63) is 35.9 Å². The molecule has 3 nitrogen and oxygen atoms in total. The number of ether oxygens (including phenoxy) is 1. The van der Waals surface area contributed by atoms with E-state index in [1.807, 2.05) is 44.2 Å². The molecule has 0 unspecified atom stereocenters. The maximum Gasteiger partial charge on any atom is 0.336 e. The first-order valence-corrected chi connectivity index (χ1v) is 7.70. The van der Waals surface area contributed by atoms with Gasteiger partial charge in [0.15, 0.2) is 6.10 Å². The molecule has 106 valence electrons. The lowest BCUT2D eigenvalue weighted by Crippen LogP contribution is -2.31. The number of hydrogen-bond acceptors (Lipinski definition) is 4. The van der Waals surface area contributed by atoms with E-state index in [0.717, 1.165) is 18.6 Å². The first kappa shape index (κ1) is 16.1. The number of aliphatic hydroxyl groups is 1. The van der Waals surface area contributed by atoms with Crippen molar-refractivity contribution in [2.24, 2.45) is 0 Å². The summed E-state index contributed by atoms with van der Waals surface area (Å²) in [6.07, 6.45) is 0.761. The lowest BCUT2D eigenvalue weighted by Gasteiger charge is -2.17. The molecule has 0 amide bonds. The van der Waals surface area contributed by atoms with Crippen molar-refractivity contribution in [3.8, 4) is 0 Å². The van der Waals surface area contributed by atoms with Crippen LogP contribution in [0.25, 0.3) is 0 Å². The lowest BCUT2D eigenvalue weighted by atomic mass is 10.2. The first-order chi connectivity index (χ1) is 9.15. The van der Waals surface area contributed by atoms with Gasteiger partial charge in [-0.15, -0.1) is 0 Å². The van der Waals surface area contributed by atoms with E-state index < -0.39 is 12.1 Å². The van der Waals surface area contributed by atoms with Gasteiger partial charge in [-0.25, -0.2) is 4.79 Å². The second-order valence-electron chi connectivity index (χ2n) is 4.47. The van der Waals surface area contributed by atoms with Gasteiger partial charge >= 0.3 is 5.97 Å². The molecule has 0 fully saturated rings. The molecule has 0 radical (unpaired) electrons. The number of aliphatic hydroxyl groups excluding tert-OH is 1. The van der Waals surface area contributed by atoms with E-state index in [9.17, 15) is 9.90 Å². The van der Waals surface area contributed by atoms with E-state index >= 15 is 0 Å². The molecule has 1 N–H and O–H groups in total. The van der Waals surface area contributed by atoms with Crippen molar-refractivity contribution in [1.82, 2.24) is 0 Å². The van der Waals surface area contributed by atoms with E-state index in [4.69, 9.17) is 4.74 Å². The van der Waals surface area contributed by atoms with Gasteiger partial charge in [0, 0.05) is 11.0 Å². The smallest absolute Gasteiger partial charge is 0.336 e. The first-order valence-electron chi connectivity index (χ1n) is 6.65. The van der Waals surface area contributed by atoms with Crippen LogP contribution in [0.15, 0.2) is 30.3 Å². The summed E-state index contributed by atoms with van der Waals surface area (Å²) in [5.41, 5.74) is 1.19. The third-order valence-corrected chi connectivity index (χ3v) is 4.07. The fourth-order valence-electron chi connectivity index (χ4n) is 1.49. The molecular formula is C15H22O3S. The zero-order valence-electron chi connectivity index (χ0n) is 11.5. The standard InChI is InChI=1S/C15H22O3S/c1-3-4-10-18-15(17)14(16)12(2)19-11-13-8-6-5-7-9-13/h5-9,12,14,16H,3-4,10-11H2,1-2H3/t12-,14-/m0/s1. The van der Waals surface area contributed by atoms with Gasteiger partial charge in [0.2, 0.25) is 0 Å². The van der Waals surface area contributed by atoms with Crippen LogP contribution in [0.5, 0.6) is 0 Å². The molecule has 0 saturated carbocycles. The van der Waals surface area contributed by atoms with Gasteiger partial charge in [-0.1, -0.05) is 50.6 Å². The third-order valence-electron chi connectivity index (χ3n) is 2.78. The summed E-state index contributed by atoms with van der Waals surface area (Å²) in [4.78, 5) is 11.6. The van der Waals surface area contributed by atoms with Crippen LogP contribution >= 0.6 is 11.8 Å². The van der Waals surface area contributed by atoms with Crippen LogP contribution in [-0.4, -0.2) is 29.0 Å². The summed E-state index contributed by atoms with van der Waals surface area (Å²) >= 11 is 1.55. The molecule has 0 saturated heterocycles. The summed E-state index contributed by atoms with van der Waals surface area (Å²) < 4.78 is 5.02. The average Bonchev–Trinajstić information content (AvgIpc) is 2.45. The summed E-state index contributed by atoms with van der Waals surface area (Å²) in [6.45, 7) is 4.27. The fraction of sp³-hybridized carbons (Fsp3) is 0.533. The third kappa shape index (κ3) is 6.12. The molecule has 19 heavy (non-hydrogen) atoms. The highest BCUT2D eigenvalue weighted by Crippen LogP contribution is 2.20. The Bertz CT molecular complexity index is 367. The molecule has 0 aromatic heterocycles. The van der Waals surface area contributed by atoms with Gasteiger partial charge < -0.3 is 9.84 Å². The van der Waals surface area contributed by atoms with Crippen LogP contribution in [-0.2, 0) is 15.3 Å². The molecule has 0 aliphatic rings. The summed E-state index contributed by atoms with van der Waals surface area (Å²) in [5, 5.41) is 9.70.